The molecule has 0 atom stereocenters. The van der Waals surface area contributed by atoms with E-state index in [2.05, 4.69) is 65.6 Å². The molecule has 180 valence electrons. The summed E-state index contributed by atoms with van der Waals surface area (Å²) in [4.78, 5) is 3.99. The van der Waals surface area contributed by atoms with E-state index >= 15 is 0 Å². The van der Waals surface area contributed by atoms with Crippen LogP contribution in [0.25, 0.3) is 33.5 Å². The molecule has 0 saturated heterocycles. The van der Waals surface area contributed by atoms with Gasteiger partial charge in [-0.15, -0.1) is 47.5 Å². The third kappa shape index (κ3) is 7.00. The predicted molar refractivity (Wildman–Crippen MR) is 133 cm³/mol. The van der Waals surface area contributed by atoms with Gasteiger partial charge in [0, 0.05) is 6.20 Å². The standard InChI is InChI=1S/C18H12.C13H9F3N.Ir/c1-3-8-15(9-4-1)17-12-7-13-18(14-17)16-10-5-2-6-11-16;1-9-6-7-12(17-8-9)10-4-2-3-5-11(10)13(14,15)16;/h1-10,12,14H;2-3,5-8H,1H3;/q-2;-1;+3. The van der Waals surface area contributed by atoms with Crippen LogP contribution < -0.4 is 0 Å². The minimum absolute atomic E-state index is 0. The van der Waals surface area contributed by atoms with Crippen LogP contribution in [-0.2, 0) is 26.3 Å². The van der Waals surface area contributed by atoms with Gasteiger partial charge in [0.15, 0.2) is 0 Å². The van der Waals surface area contributed by atoms with Crippen molar-refractivity contribution in [2.75, 3.05) is 0 Å². The van der Waals surface area contributed by atoms with Gasteiger partial charge in [-0.2, -0.15) is 55.6 Å². The Hall–Kier alpha value is -3.53. The number of pyridine rings is 1. The summed E-state index contributed by atoms with van der Waals surface area (Å²) >= 11 is 0. The van der Waals surface area contributed by atoms with E-state index in [0.717, 1.165) is 22.8 Å². The fourth-order valence-electron chi connectivity index (χ4n) is 3.49. The molecule has 0 aliphatic carbocycles. The van der Waals surface area contributed by atoms with Crippen LogP contribution >= 0.6 is 0 Å². The van der Waals surface area contributed by atoms with E-state index in [4.69, 9.17) is 0 Å². The van der Waals surface area contributed by atoms with Gasteiger partial charge in [-0.3, -0.25) is 0 Å². The van der Waals surface area contributed by atoms with Crippen molar-refractivity contribution in [3.63, 3.8) is 0 Å². The zero-order valence-corrected chi connectivity index (χ0v) is 21.7. The van der Waals surface area contributed by atoms with Crippen LogP contribution in [0.15, 0.2) is 109 Å². The number of hydrogen-bond donors (Lipinski definition) is 0. The number of alkyl halides is 3. The van der Waals surface area contributed by atoms with Gasteiger partial charge in [-0.25, -0.2) is 11.1 Å². The van der Waals surface area contributed by atoms with Gasteiger partial charge in [0.05, 0.1) is 0 Å². The number of benzene rings is 4. The number of halogens is 3. The largest absolute Gasteiger partial charge is 3.00 e. The molecule has 1 aromatic heterocycles. The van der Waals surface area contributed by atoms with Crippen LogP contribution in [0.1, 0.15) is 11.1 Å². The second-order valence-electron chi connectivity index (χ2n) is 7.81. The van der Waals surface area contributed by atoms with Crippen molar-refractivity contribution in [1.82, 2.24) is 4.98 Å². The van der Waals surface area contributed by atoms with Crippen molar-refractivity contribution in [3.05, 3.63) is 139 Å². The average molecular weight is 657 g/mol. The maximum absolute atomic E-state index is 12.8. The second-order valence-corrected chi connectivity index (χ2v) is 7.81. The van der Waals surface area contributed by atoms with Gasteiger partial charge < -0.3 is 4.98 Å². The zero-order chi connectivity index (χ0) is 24.7. The molecule has 0 saturated carbocycles. The van der Waals surface area contributed by atoms with E-state index in [1.54, 1.807) is 12.1 Å². The van der Waals surface area contributed by atoms with Crippen LogP contribution in [0.3, 0.4) is 0 Å². The number of aryl methyl sites for hydroxylation is 1. The van der Waals surface area contributed by atoms with Gasteiger partial charge in [-0.1, -0.05) is 42.5 Å². The van der Waals surface area contributed by atoms with Gasteiger partial charge in [-0.05, 0) is 29.3 Å². The molecule has 5 aromatic rings. The summed E-state index contributed by atoms with van der Waals surface area (Å²) in [6.45, 7) is 1.83. The predicted octanol–water partition coefficient (Wildman–Crippen LogP) is 8.49. The van der Waals surface area contributed by atoms with Crippen LogP contribution in [0.4, 0.5) is 13.2 Å². The minimum Gasteiger partial charge on any atom is -0.304 e. The molecule has 1 nitrogen and oxygen atoms in total. The Morgan fingerprint density at radius 3 is 2.06 bits per heavy atom. The molecule has 0 spiro atoms. The SMILES string of the molecule is Cc1ccc(-c2[c-]cccc2C(F)(F)F)nc1.[Ir+3].[c-]1ccccc1-c1[c-]ccc(-c2ccccc2)c1. The van der Waals surface area contributed by atoms with E-state index in [1.807, 2.05) is 37.3 Å². The summed E-state index contributed by atoms with van der Waals surface area (Å²) in [5.74, 6) is 0. The molecule has 0 unspecified atom stereocenters. The Morgan fingerprint density at radius 1 is 0.667 bits per heavy atom. The Morgan fingerprint density at radius 2 is 1.39 bits per heavy atom. The molecule has 0 aliphatic rings. The molecule has 0 N–H and O–H groups in total. The smallest absolute Gasteiger partial charge is 0.304 e. The van der Waals surface area contributed by atoms with Gasteiger partial charge in [0.1, 0.15) is 0 Å². The van der Waals surface area contributed by atoms with Crippen molar-refractivity contribution in [2.24, 2.45) is 0 Å². The molecule has 0 bridgehead atoms. The summed E-state index contributed by atoms with van der Waals surface area (Å²) in [5.41, 5.74) is 5.05. The molecule has 4 aromatic carbocycles. The first-order chi connectivity index (χ1) is 16.9. The van der Waals surface area contributed by atoms with Crippen molar-refractivity contribution >= 4 is 0 Å². The maximum atomic E-state index is 12.8. The topological polar surface area (TPSA) is 12.9 Å². The molecule has 5 rings (SSSR count). The minimum atomic E-state index is -4.39. The molecule has 0 aliphatic heterocycles. The summed E-state index contributed by atoms with van der Waals surface area (Å²) in [7, 11) is 0. The molecule has 5 heteroatoms. The number of hydrogen-bond acceptors (Lipinski definition) is 1. The Bertz CT molecular complexity index is 1310. The van der Waals surface area contributed by atoms with Crippen LogP contribution in [0.2, 0.25) is 0 Å². The molecule has 1 heterocycles. The van der Waals surface area contributed by atoms with Crippen LogP contribution in [-0.4, -0.2) is 4.98 Å². The third-order valence-corrected chi connectivity index (χ3v) is 5.24. The van der Waals surface area contributed by atoms with E-state index in [1.165, 1.54) is 29.5 Å². The average Bonchev–Trinajstić information content (AvgIpc) is 2.90. The quantitative estimate of drug-likeness (QED) is 0.178. The fourth-order valence-corrected chi connectivity index (χ4v) is 3.49. The van der Waals surface area contributed by atoms with Crippen LogP contribution in [0, 0.1) is 25.1 Å². The first-order valence-electron chi connectivity index (χ1n) is 11.0. The van der Waals surface area contributed by atoms with Crippen molar-refractivity contribution in [2.45, 2.75) is 13.1 Å². The van der Waals surface area contributed by atoms with Crippen molar-refractivity contribution in [3.8, 4) is 33.5 Å². The molecule has 0 fully saturated rings. The fraction of sp³-hybridized carbons (Fsp3) is 0.0645. The van der Waals surface area contributed by atoms with E-state index in [9.17, 15) is 13.2 Å². The summed E-state index contributed by atoms with van der Waals surface area (Å²) in [6.07, 6.45) is -2.85. The normalized spacial score (nSPS) is 10.6. The van der Waals surface area contributed by atoms with Crippen LogP contribution in [0.5, 0.6) is 0 Å². The number of nitrogens with zero attached hydrogens (tertiary/aromatic N) is 1. The maximum Gasteiger partial charge on any atom is 3.00 e. The molecule has 0 radical (unpaired) electrons. The third-order valence-electron chi connectivity index (χ3n) is 5.24. The van der Waals surface area contributed by atoms with E-state index in [0.29, 0.717) is 0 Å². The summed E-state index contributed by atoms with van der Waals surface area (Å²) in [5, 5.41) is 0. The Balaban J connectivity index is 0.000000196. The molecular weight excluding hydrogens is 636 g/mol. The number of rotatable bonds is 3. The second kappa shape index (κ2) is 12.4. The van der Waals surface area contributed by atoms with Gasteiger partial charge in [0.2, 0.25) is 0 Å². The molecular formula is C31H21F3IrN. The monoisotopic (exact) mass is 657 g/mol. The van der Waals surface area contributed by atoms with E-state index in [-0.39, 0.29) is 31.4 Å². The van der Waals surface area contributed by atoms with E-state index < -0.39 is 11.7 Å². The Labute approximate surface area is 223 Å². The molecule has 0 amide bonds. The number of aromatic nitrogens is 1. The van der Waals surface area contributed by atoms with Gasteiger partial charge in [0.25, 0.3) is 0 Å². The Kier molecular flexibility index (Phi) is 9.35. The first kappa shape index (κ1) is 27.1. The first-order valence-corrected chi connectivity index (χ1v) is 11.0. The summed E-state index contributed by atoms with van der Waals surface area (Å²) in [6, 6.07) is 40.8. The van der Waals surface area contributed by atoms with Crippen molar-refractivity contribution < 1.29 is 33.3 Å². The molecule has 36 heavy (non-hydrogen) atoms. The van der Waals surface area contributed by atoms with Crippen molar-refractivity contribution in [1.29, 1.82) is 0 Å². The summed E-state index contributed by atoms with van der Waals surface area (Å²) < 4.78 is 38.3. The van der Waals surface area contributed by atoms with Gasteiger partial charge >= 0.3 is 26.3 Å². The zero-order valence-electron chi connectivity index (χ0n) is 19.3.